The van der Waals surface area contributed by atoms with Gasteiger partial charge in [-0.1, -0.05) is 0 Å². The topological polar surface area (TPSA) is 76.4 Å². The van der Waals surface area contributed by atoms with E-state index in [1.807, 2.05) is 13.8 Å². The van der Waals surface area contributed by atoms with E-state index in [0.717, 1.165) is 0 Å². The van der Waals surface area contributed by atoms with Crippen molar-refractivity contribution in [2.75, 3.05) is 19.8 Å². The van der Waals surface area contributed by atoms with Gasteiger partial charge in [0, 0.05) is 12.6 Å². The summed E-state index contributed by atoms with van der Waals surface area (Å²) < 4.78 is 4.93. The molecule has 4 N–H and O–H groups in total. The summed E-state index contributed by atoms with van der Waals surface area (Å²) in [6, 6.07) is 0.307. The van der Waals surface area contributed by atoms with Crippen LogP contribution in [0.5, 0.6) is 0 Å². The maximum absolute atomic E-state index is 10.3. The van der Waals surface area contributed by atoms with Gasteiger partial charge in [-0.05, 0) is 26.1 Å². The molecule has 0 unspecified atom stereocenters. The molecular weight excluding hydrogens is 202 g/mol. The normalized spacial score (nSPS) is 9.93. The van der Waals surface area contributed by atoms with Gasteiger partial charge < -0.3 is 21.1 Å². The van der Waals surface area contributed by atoms with Crippen LogP contribution in [0.3, 0.4) is 0 Å². The van der Waals surface area contributed by atoms with Crippen molar-refractivity contribution in [3.63, 3.8) is 0 Å². The molecule has 6 heteroatoms. The maximum atomic E-state index is 10.3. The second-order valence-corrected chi connectivity index (χ2v) is 3.48. The van der Waals surface area contributed by atoms with E-state index in [1.165, 1.54) is 0 Å². The van der Waals surface area contributed by atoms with Crippen LogP contribution in [0.15, 0.2) is 0 Å². The molecule has 0 aromatic heterocycles. The van der Waals surface area contributed by atoms with Gasteiger partial charge in [0.05, 0.1) is 6.61 Å². The van der Waals surface area contributed by atoms with Gasteiger partial charge in [-0.3, -0.25) is 4.79 Å². The predicted octanol–water partition coefficient (Wildman–Crippen LogP) is -0.639. The van der Waals surface area contributed by atoms with Crippen molar-refractivity contribution in [3.8, 4) is 0 Å². The van der Waals surface area contributed by atoms with Gasteiger partial charge in [-0.2, -0.15) is 0 Å². The molecule has 0 bridgehead atoms. The number of primary amides is 1. The van der Waals surface area contributed by atoms with E-state index in [2.05, 4.69) is 10.6 Å². The highest BCUT2D eigenvalue weighted by molar-refractivity contribution is 7.80. The van der Waals surface area contributed by atoms with Crippen molar-refractivity contribution in [1.82, 2.24) is 10.6 Å². The Balaban J connectivity index is 3.27. The second-order valence-electron chi connectivity index (χ2n) is 3.07. The van der Waals surface area contributed by atoms with Crippen molar-refractivity contribution in [1.29, 1.82) is 0 Å². The zero-order chi connectivity index (χ0) is 11.0. The second kappa shape index (κ2) is 7.52. The van der Waals surface area contributed by atoms with Crippen molar-refractivity contribution >= 4 is 23.2 Å². The number of ether oxygens (including phenoxy) is 1. The molecule has 0 saturated heterocycles. The molecule has 1 amide bonds. The SMILES string of the molecule is CC(C)NC(=S)NCCOCC(N)=O. The quantitative estimate of drug-likeness (QED) is 0.409. The van der Waals surface area contributed by atoms with E-state index in [9.17, 15) is 4.79 Å². The molecule has 14 heavy (non-hydrogen) atoms. The van der Waals surface area contributed by atoms with Gasteiger partial charge in [-0.25, -0.2) is 0 Å². The van der Waals surface area contributed by atoms with Gasteiger partial charge in [0.25, 0.3) is 0 Å². The Morgan fingerprint density at radius 2 is 2.21 bits per heavy atom. The lowest BCUT2D eigenvalue weighted by Gasteiger charge is -2.12. The minimum Gasteiger partial charge on any atom is -0.370 e. The third-order valence-corrected chi connectivity index (χ3v) is 1.46. The smallest absolute Gasteiger partial charge is 0.243 e. The largest absolute Gasteiger partial charge is 0.370 e. The van der Waals surface area contributed by atoms with E-state index in [4.69, 9.17) is 22.7 Å². The van der Waals surface area contributed by atoms with Gasteiger partial charge >= 0.3 is 0 Å². The average molecular weight is 219 g/mol. The summed E-state index contributed by atoms with van der Waals surface area (Å²) in [5, 5.41) is 6.53. The van der Waals surface area contributed by atoms with E-state index < -0.39 is 5.91 Å². The minimum atomic E-state index is -0.465. The number of carbonyl (C=O) groups excluding carboxylic acids is 1. The molecule has 0 rings (SSSR count). The molecule has 0 aliphatic heterocycles. The lowest BCUT2D eigenvalue weighted by atomic mass is 10.4. The number of nitrogens with one attached hydrogen (secondary N) is 2. The van der Waals surface area contributed by atoms with Crippen molar-refractivity contribution < 1.29 is 9.53 Å². The molecule has 0 saturated carbocycles. The summed E-state index contributed by atoms with van der Waals surface area (Å²) in [5.41, 5.74) is 4.88. The number of rotatable bonds is 6. The van der Waals surface area contributed by atoms with Crippen molar-refractivity contribution in [2.24, 2.45) is 5.73 Å². The van der Waals surface area contributed by atoms with Crippen LogP contribution in [0, 0.1) is 0 Å². The Hall–Kier alpha value is -0.880. The first kappa shape index (κ1) is 13.1. The molecule has 0 aromatic carbocycles. The average Bonchev–Trinajstić information content (AvgIpc) is 2.01. The Bertz CT molecular complexity index is 197. The van der Waals surface area contributed by atoms with Crippen LogP contribution in [-0.2, 0) is 9.53 Å². The third kappa shape index (κ3) is 9.21. The summed E-state index contributed by atoms with van der Waals surface area (Å²) in [5.74, 6) is -0.465. The Morgan fingerprint density at radius 3 is 2.71 bits per heavy atom. The zero-order valence-electron chi connectivity index (χ0n) is 8.50. The molecule has 0 fully saturated rings. The summed E-state index contributed by atoms with van der Waals surface area (Å²) >= 11 is 4.96. The summed E-state index contributed by atoms with van der Waals surface area (Å²) in [6.45, 7) is 4.91. The first-order valence-corrected chi connectivity index (χ1v) is 4.83. The molecule has 0 aliphatic carbocycles. The Labute approximate surface area is 89.4 Å². The highest BCUT2D eigenvalue weighted by Crippen LogP contribution is 1.77. The number of nitrogens with two attached hydrogens (primary N) is 1. The minimum absolute atomic E-state index is 0.0496. The highest BCUT2D eigenvalue weighted by atomic mass is 32.1. The summed E-state index contributed by atoms with van der Waals surface area (Å²) in [4.78, 5) is 10.3. The number of hydrogen-bond acceptors (Lipinski definition) is 3. The molecule has 0 aliphatic rings. The Morgan fingerprint density at radius 1 is 1.57 bits per heavy atom. The fourth-order valence-electron chi connectivity index (χ4n) is 0.723. The Kier molecular flexibility index (Phi) is 7.04. The van der Waals surface area contributed by atoms with Crippen molar-refractivity contribution in [3.05, 3.63) is 0 Å². The standard InChI is InChI=1S/C8H17N3O2S/c1-6(2)11-8(14)10-3-4-13-5-7(9)12/h6H,3-5H2,1-2H3,(H2,9,12)(H2,10,11,14). The van der Waals surface area contributed by atoms with Crippen LogP contribution >= 0.6 is 12.2 Å². The predicted molar refractivity (Wildman–Crippen MR) is 58.9 cm³/mol. The molecule has 0 radical (unpaired) electrons. The number of carbonyl (C=O) groups is 1. The zero-order valence-corrected chi connectivity index (χ0v) is 9.32. The van der Waals surface area contributed by atoms with Crippen LogP contribution in [0.25, 0.3) is 0 Å². The molecule has 0 heterocycles. The van der Waals surface area contributed by atoms with E-state index in [0.29, 0.717) is 24.3 Å². The maximum Gasteiger partial charge on any atom is 0.243 e. The van der Waals surface area contributed by atoms with E-state index in [1.54, 1.807) is 0 Å². The van der Waals surface area contributed by atoms with Gasteiger partial charge in [0.1, 0.15) is 6.61 Å². The van der Waals surface area contributed by atoms with Crippen LogP contribution in [-0.4, -0.2) is 36.8 Å². The fraction of sp³-hybridized carbons (Fsp3) is 0.750. The van der Waals surface area contributed by atoms with Crippen LogP contribution in [0.1, 0.15) is 13.8 Å². The molecular formula is C8H17N3O2S. The third-order valence-electron chi connectivity index (χ3n) is 1.20. The summed E-state index contributed by atoms with van der Waals surface area (Å²) in [7, 11) is 0. The molecule has 0 spiro atoms. The first-order chi connectivity index (χ1) is 6.52. The number of amides is 1. The number of hydrogen-bond donors (Lipinski definition) is 3. The van der Waals surface area contributed by atoms with Crippen LogP contribution in [0.2, 0.25) is 0 Å². The highest BCUT2D eigenvalue weighted by Gasteiger charge is 1.97. The molecule has 0 aromatic rings. The van der Waals surface area contributed by atoms with E-state index in [-0.39, 0.29) is 6.61 Å². The molecule has 5 nitrogen and oxygen atoms in total. The van der Waals surface area contributed by atoms with Crippen LogP contribution in [0.4, 0.5) is 0 Å². The van der Waals surface area contributed by atoms with Gasteiger partial charge in [0.2, 0.25) is 5.91 Å². The summed E-state index contributed by atoms with van der Waals surface area (Å²) in [6.07, 6.45) is 0. The lowest BCUT2D eigenvalue weighted by Crippen LogP contribution is -2.40. The number of thiocarbonyl (C=S) groups is 1. The lowest BCUT2D eigenvalue weighted by molar-refractivity contribution is -0.122. The fourth-order valence-corrected chi connectivity index (χ4v) is 1.06. The van der Waals surface area contributed by atoms with Gasteiger partial charge in [0.15, 0.2) is 5.11 Å². The molecule has 82 valence electrons. The van der Waals surface area contributed by atoms with Crippen molar-refractivity contribution in [2.45, 2.75) is 19.9 Å². The van der Waals surface area contributed by atoms with E-state index >= 15 is 0 Å². The first-order valence-electron chi connectivity index (χ1n) is 4.42. The van der Waals surface area contributed by atoms with Crippen LogP contribution < -0.4 is 16.4 Å². The molecule has 0 atom stereocenters. The van der Waals surface area contributed by atoms with Gasteiger partial charge in [-0.15, -0.1) is 0 Å². The monoisotopic (exact) mass is 219 g/mol.